The lowest BCUT2D eigenvalue weighted by atomic mass is 9.94. The Labute approximate surface area is 250 Å². The fourth-order valence-electron chi connectivity index (χ4n) is 4.34. The van der Waals surface area contributed by atoms with Gasteiger partial charge in [0.2, 0.25) is 23.6 Å². The average molecular weight is 605 g/mol. The van der Waals surface area contributed by atoms with Crippen molar-refractivity contribution in [3.8, 4) is 0 Å². The molecule has 1 saturated heterocycles. The molecular formula is C29H40N4O10. The summed E-state index contributed by atoms with van der Waals surface area (Å²) >= 11 is 0. The molecule has 1 aromatic carbocycles. The van der Waals surface area contributed by atoms with Crippen molar-refractivity contribution in [1.29, 1.82) is 0 Å². The van der Waals surface area contributed by atoms with E-state index in [1.54, 1.807) is 0 Å². The molecule has 0 saturated carbocycles. The highest BCUT2D eigenvalue weighted by atomic mass is 16.6. The lowest BCUT2D eigenvalue weighted by Gasteiger charge is -2.45. The molecule has 0 unspecified atom stereocenters. The lowest BCUT2D eigenvalue weighted by molar-refractivity contribution is -0.229. The highest BCUT2D eigenvalue weighted by molar-refractivity contribution is 5.95. The number of carbonyl (C=O) groups excluding carboxylic acids is 6. The first-order valence-corrected chi connectivity index (χ1v) is 13.8. The second kappa shape index (κ2) is 17.6. The van der Waals surface area contributed by atoms with Gasteiger partial charge in [-0.25, -0.2) is 0 Å². The Kier molecular flexibility index (Phi) is 14.3. The van der Waals surface area contributed by atoms with E-state index in [1.165, 1.54) is 6.92 Å². The molecule has 1 aromatic rings. The van der Waals surface area contributed by atoms with Gasteiger partial charge >= 0.3 is 11.9 Å². The fraction of sp³-hybridized carbons (Fsp3) is 0.517. The van der Waals surface area contributed by atoms with Gasteiger partial charge in [-0.15, -0.1) is 0 Å². The number of carbonyl (C=O) groups is 6. The zero-order valence-corrected chi connectivity index (χ0v) is 24.8. The van der Waals surface area contributed by atoms with Crippen LogP contribution in [0.25, 0.3) is 0 Å². The molecule has 1 fully saturated rings. The minimum absolute atomic E-state index is 0.152. The van der Waals surface area contributed by atoms with E-state index in [0.717, 1.165) is 25.5 Å². The van der Waals surface area contributed by atoms with Crippen LogP contribution in [0.5, 0.6) is 0 Å². The normalized spacial score (nSPS) is 21.8. The van der Waals surface area contributed by atoms with Gasteiger partial charge in [0.15, 0.2) is 18.4 Å². The van der Waals surface area contributed by atoms with E-state index in [0.29, 0.717) is 13.0 Å². The van der Waals surface area contributed by atoms with E-state index in [4.69, 9.17) is 18.9 Å². The number of esters is 2. The molecular weight excluding hydrogens is 564 g/mol. The first kappa shape index (κ1) is 34.9. The zero-order chi connectivity index (χ0) is 31.9. The van der Waals surface area contributed by atoms with Gasteiger partial charge in [-0.1, -0.05) is 43.8 Å². The number of amides is 4. The van der Waals surface area contributed by atoms with Crippen molar-refractivity contribution in [2.75, 3.05) is 13.2 Å². The van der Waals surface area contributed by atoms with Gasteiger partial charge in [-0.2, -0.15) is 0 Å². The Balaban J connectivity index is 2.35. The first-order valence-electron chi connectivity index (χ1n) is 13.8. The lowest BCUT2D eigenvalue weighted by Crippen LogP contribution is -2.69. The maximum Gasteiger partial charge on any atom is 0.303 e. The number of nitrogens with one attached hydrogen (secondary N) is 4. The SMILES string of the molecule is C=CC(=O)N[C@@H](CC(=O)N[C@@H]1O[C@H](COCc2ccccc2)[C@@H](OC(C)=O)[C@H](OC(C)=O)[C@H]1NC(C)=O)C(=O)NCCC. The summed E-state index contributed by atoms with van der Waals surface area (Å²) in [6.07, 6.45) is -3.80. The molecule has 1 heterocycles. The first-order chi connectivity index (χ1) is 20.4. The van der Waals surface area contributed by atoms with Crippen molar-refractivity contribution in [2.45, 2.75) is 83.8 Å². The van der Waals surface area contributed by atoms with Crippen LogP contribution < -0.4 is 21.3 Å². The summed E-state index contributed by atoms with van der Waals surface area (Å²) in [5.41, 5.74) is 0.855. The molecule has 2 rings (SSSR count). The molecule has 236 valence electrons. The number of benzene rings is 1. The molecule has 14 heteroatoms. The Morgan fingerprint density at radius 2 is 1.63 bits per heavy atom. The minimum atomic E-state index is -1.33. The van der Waals surface area contributed by atoms with Gasteiger partial charge < -0.3 is 40.2 Å². The maximum absolute atomic E-state index is 13.2. The summed E-state index contributed by atoms with van der Waals surface area (Å²) in [5.74, 6) is -3.99. The molecule has 0 bridgehead atoms. The van der Waals surface area contributed by atoms with E-state index < -0.39 is 78.6 Å². The number of hydrogen-bond acceptors (Lipinski definition) is 10. The average Bonchev–Trinajstić information content (AvgIpc) is 2.94. The van der Waals surface area contributed by atoms with Crippen molar-refractivity contribution < 1.29 is 47.7 Å². The molecule has 1 aliphatic heterocycles. The molecule has 1 aliphatic rings. The molecule has 0 radical (unpaired) electrons. The maximum atomic E-state index is 13.2. The van der Waals surface area contributed by atoms with Crippen LogP contribution in [0.4, 0.5) is 0 Å². The van der Waals surface area contributed by atoms with Crippen molar-refractivity contribution in [3.63, 3.8) is 0 Å². The van der Waals surface area contributed by atoms with Crippen LogP contribution in [0.3, 0.4) is 0 Å². The van der Waals surface area contributed by atoms with Crippen LogP contribution in [-0.2, 0) is 54.3 Å². The third-order valence-corrected chi connectivity index (χ3v) is 6.12. The third kappa shape index (κ3) is 11.8. The van der Waals surface area contributed by atoms with Crippen molar-refractivity contribution >= 4 is 35.6 Å². The van der Waals surface area contributed by atoms with E-state index in [2.05, 4.69) is 27.8 Å². The van der Waals surface area contributed by atoms with Crippen LogP contribution in [0, 0.1) is 0 Å². The Morgan fingerprint density at radius 3 is 2.21 bits per heavy atom. The highest BCUT2D eigenvalue weighted by Crippen LogP contribution is 2.27. The summed E-state index contributed by atoms with van der Waals surface area (Å²) in [6.45, 7) is 9.06. The predicted octanol–water partition coefficient (Wildman–Crippen LogP) is -0.000500. The van der Waals surface area contributed by atoms with Crippen molar-refractivity contribution in [3.05, 3.63) is 48.6 Å². The van der Waals surface area contributed by atoms with E-state index >= 15 is 0 Å². The van der Waals surface area contributed by atoms with Gasteiger partial charge in [0.1, 0.15) is 18.2 Å². The van der Waals surface area contributed by atoms with Gasteiger partial charge in [0.05, 0.1) is 19.6 Å². The molecule has 43 heavy (non-hydrogen) atoms. The summed E-state index contributed by atoms with van der Waals surface area (Å²) < 4.78 is 22.9. The number of ether oxygens (including phenoxy) is 4. The van der Waals surface area contributed by atoms with E-state index in [1.807, 2.05) is 37.3 Å². The van der Waals surface area contributed by atoms with Gasteiger partial charge in [0, 0.05) is 27.3 Å². The Hall–Kier alpha value is -4.30. The highest BCUT2D eigenvalue weighted by Gasteiger charge is 2.51. The molecule has 4 N–H and O–H groups in total. The van der Waals surface area contributed by atoms with Crippen LogP contribution in [0.2, 0.25) is 0 Å². The largest absolute Gasteiger partial charge is 0.456 e. The second-order valence-electron chi connectivity index (χ2n) is 9.80. The van der Waals surface area contributed by atoms with Gasteiger partial charge in [-0.05, 0) is 18.1 Å². The van der Waals surface area contributed by atoms with Gasteiger partial charge in [-0.3, -0.25) is 28.8 Å². The summed E-state index contributed by atoms with van der Waals surface area (Å²) in [5, 5.41) is 10.2. The van der Waals surface area contributed by atoms with Crippen molar-refractivity contribution in [2.24, 2.45) is 0 Å². The fourth-order valence-corrected chi connectivity index (χ4v) is 4.34. The topological polar surface area (TPSA) is 187 Å². The predicted molar refractivity (Wildman–Crippen MR) is 152 cm³/mol. The Morgan fingerprint density at radius 1 is 0.977 bits per heavy atom. The van der Waals surface area contributed by atoms with Crippen molar-refractivity contribution in [1.82, 2.24) is 21.3 Å². The van der Waals surface area contributed by atoms with Crippen LogP contribution in [-0.4, -0.2) is 85.3 Å². The van der Waals surface area contributed by atoms with E-state index in [9.17, 15) is 28.8 Å². The molecule has 0 aliphatic carbocycles. The Bertz CT molecular complexity index is 1150. The van der Waals surface area contributed by atoms with Crippen LogP contribution in [0.15, 0.2) is 43.0 Å². The zero-order valence-electron chi connectivity index (χ0n) is 24.8. The van der Waals surface area contributed by atoms with Gasteiger partial charge in [0.25, 0.3) is 0 Å². The summed E-state index contributed by atoms with van der Waals surface area (Å²) in [6, 6.07) is 6.76. The third-order valence-electron chi connectivity index (χ3n) is 6.12. The monoisotopic (exact) mass is 604 g/mol. The molecule has 6 atom stereocenters. The summed E-state index contributed by atoms with van der Waals surface area (Å²) in [4.78, 5) is 74.1. The molecule has 0 aromatic heterocycles. The minimum Gasteiger partial charge on any atom is -0.456 e. The molecule has 4 amide bonds. The summed E-state index contributed by atoms with van der Waals surface area (Å²) in [7, 11) is 0. The second-order valence-corrected chi connectivity index (χ2v) is 9.80. The van der Waals surface area contributed by atoms with Crippen LogP contribution >= 0.6 is 0 Å². The van der Waals surface area contributed by atoms with E-state index in [-0.39, 0.29) is 13.2 Å². The molecule has 14 nitrogen and oxygen atoms in total. The number of hydrogen-bond donors (Lipinski definition) is 4. The molecule has 0 spiro atoms. The van der Waals surface area contributed by atoms with Crippen LogP contribution in [0.1, 0.15) is 46.1 Å². The smallest absolute Gasteiger partial charge is 0.303 e. The standard InChI is InChI=1S/C29H40N4O10/c1-6-13-30-28(39)21(32-23(37)7-2)14-24(38)33-29-25(31-17(3)34)27(42-19(5)36)26(41-18(4)35)22(43-29)16-40-15-20-11-9-8-10-12-20/h7-12,21-22,25-27,29H,2,6,13-16H2,1,3-5H3,(H,30,39)(H,31,34)(H,32,37)(H,33,38)/t21-,22+,25+,26+,27+,29+/m0/s1. The number of rotatable bonds is 15. The quantitative estimate of drug-likeness (QED) is 0.157.